The van der Waals surface area contributed by atoms with Gasteiger partial charge < -0.3 is 20.1 Å². The molecular weight excluding hydrogens is 619 g/mol. The quantitative estimate of drug-likeness (QED) is 0.214. The van der Waals surface area contributed by atoms with Gasteiger partial charge in [-0.2, -0.15) is 23.1 Å². The first-order valence-corrected chi connectivity index (χ1v) is 15.8. The van der Waals surface area contributed by atoms with Crippen LogP contribution in [0, 0.1) is 18.2 Å². The molecule has 0 amide bonds. The van der Waals surface area contributed by atoms with Gasteiger partial charge in [0, 0.05) is 55.3 Å². The molecule has 2 aromatic heterocycles. The third kappa shape index (κ3) is 5.00. The molecule has 8 nitrogen and oxygen atoms in total. The van der Waals surface area contributed by atoms with Crippen LogP contribution in [0.25, 0.3) is 32.9 Å². The summed E-state index contributed by atoms with van der Waals surface area (Å²) in [6.45, 7) is 2.10. The molecule has 2 aromatic carbocycles. The SMILES string of the molecule is C#Cc1c(F)ccc2cc(O)cc(-c3ncc4c(N5CC6CCC(C5)N6)nc(OC[C@@]56CCCN5C[C@H](F)C6)nc4c3C(F)(F)F)c12. The number of fused-ring (bicyclic) bond motifs is 5. The molecule has 6 heterocycles. The molecule has 4 saturated heterocycles. The van der Waals surface area contributed by atoms with E-state index in [1.54, 1.807) is 0 Å². The Hall–Kier alpha value is -4.28. The third-order valence-electron chi connectivity index (χ3n) is 10.2. The summed E-state index contributed by atoms with van der Waals surface area (Å²) in [5, 5.41) is 14.4. The highest BCUT2D eigenvalue weighted by molar-refractivity contribution is 6.04. The molecule has 0 spiro atoms. The second-order valence-electron chi connectivity index (χ2n) is 13.1. The number of hydrogen-bond acceptors (Lipinski definition) is 8. The lowest BCUT2D eigenvalue weighted by molar-refractivity contribution is -0.136. The maximum absolute atomic E-state index is 15.3. The number of terminal acetylenes is 1. The fourth-order valence-electron chi connectivity index (χ4n) is 8.20. The zero-order valence-corrected chi connectivity index (χ0v) is 25.2. The van der Waals surface area contributed by atoms with Crippen molar-refractivity contribution in [1.29, 1.82) is 0 Å². The summed E-state index contributed by atoms with van der Waals surface area (Å²) in [4.78, 5) is 17.3. The van der Waals surface area contributed by atoms with E-state index < -0.39 is 40.5 Å². The molecule has 4 aliphatic heterocycles. The minimum atomic E-state index is -5.00. The number of phenolic OH excluding ortho intramolecular Hbond substituents is 1. The third-order valence-corrected chi connectivity index (χ3v) is 10.2. The van der Waals surface area contributed by atoms with Gasteiger partial charge in [0.2, 0.25) is 0 Å². The Bertz CT molecular complexity index is 1950. The van der Waals surface area contributed by atoms with Gasteiger partial charge in [0.05, 0.1) is 27.7 Å². The van der Waals surface area contributed by atoms with Gasteiger partial charge in [0.25, 0.3) is 0 Å². The van der Waals surface area contributed by atoms with Crippen LogP contribution in [0.3, 0.4) is 0 Å². The smallest absolute Gasteiger partial charge is 0.420 e. The normalized spacial score (nSPS) is 25.9. The fraction of sp³-hybridized carbons (Fsp3) is 0.441. The minimum Gasteiger partial charge on any atom is -0.508 e. The topological polar surface area (TPSA) is 86.6 Å². The number of benzene rings is 2. The van der Waals surface area contributed by atoms with Crippen molar-refractivity contribution in [3.05, 3.63) is 47.4 Å². The molecule has 0 radical (unpaired) electrons. The van der Waals surface area contributed by atoms with E-state index in [1.165, 1.54) is 18.3 Å². The average Bonchev–Trinajstić information content (AvgIpc) is 3.68. The second kappa shape index (κ2) is 10.9. The molecule has 2 unspecified atom stereocenters. The van der Waals surface area contributed by atoms with Crippen LogP contribution in [0.1, 0.15) is 43.2 Å². The van der Waals surface area contributed by atoms with E-state index in [-0.39, 0.29) is 70.0 Å². The highest BCUT2D eigenvalue weighted by Gasteiger charge is 2.49. The minimum absolute atomic E-state index is 0.00881. The van der Waals surface area contributed by atoms with Crippen LogP contribution in [0.4, 0.5) is 27.8 Å². The van der Waals surface area contributed by atoms with Gasteiger partial charge in [0.15, 0.2) is 0 Å². The van der Waals surface area contributed by atoms with Crippen molar-refractivity contribution >= 4 is 27.5 Å². The van der Waals surface area contributed by atoms with Gasteiger partial charge in [0.1, 0.15) is 35.7 Å². The summed E-state index contributed by atoms with van der Waals surface area (Å²) >= 11 is 0. The molecule has 244 valence electrons. The first kappa shape index (κ1) is 30.1. The van der Waals surface area contributed by atoms with Crippen molar-refractivity contribution < 1.29 is 31.8 Å². The number of ether oxygens (including phenoxy) is 1. The van der Waals surface area contributed by atoms with Gasteiger partial charge in [-0.25, -0.2) is 8.78 Å². The highest BCUT2D eigenvalue weighted by Crippen LogP contribution is 2.46. The average molecular weight is 651 g/mol. The lowest BCUT2D eigenvalue weighted by Crippen LogP contribution is -2.51. The first-order chi connectivity index (χ1) is 22.5. The molecular formula is C34H31F5N6O2. The number of aromatic nitrogens is 3. The maximum atomic E-state index is 15.3. The molecule has 8 rings (SSSR count). The van der Waals surface area contributed by atoms with Crippen molar-refractivity contribution in [3.63, 3.8) is 0 Å². The van der Waals surface area contributed by atoms with E-state index in [0.717, 1.165) is 37.9 Å². The van der Waals surface area contributed by atoms with E-state index in [9.17, 15) is 13.9 Å². The van der Waals surface area contributed by atoms with Gasteiger partial charge in [-0.1, -0.05) is 12.0 Å². The largest absolute Gasteiger partial charge is 0.508 e. The first-order valence-electron chi connectivity index (χ1n) is 15.8. The van der Waals surface area contributed by atoms with Gasteiger partial charge in [-0.3, -0.25) is 9.88 Å². The fourth-order valence-corrected chi connectivity index (χ4v) is 8.20. The number of halogens is 5. The van der Waals surface area contributed by atoms with Crippen molar-refractivity contribution in [2.45, 2.75) is 62.1 Å². The van der Waals surface area contributed by atoms with Crippen LogP contribution in [-0.4, -0.2) is 81.5 Å². The summed E-state index contributed by atoms with van der Waals surface area (Å²) in [6.07, 6.45) is 4.62. The second-order valence-corrected chi connectivity index (χ2v) is 13.1. The van der Waals surface area contributed by atoms with Crippen LogP contribution >= 0.6 is 0 Å². The monoisotopic (exact) mass is 650 g/mol. The number of nitrogens with zero attached hydrogens (tertiary/aromatic N) is 5. The zero-order valence-electron chi connectivity index (χ0n) is 25.2. The molecule has 47 heavy (non-hydrogen) atoms. The number of nitrogens with one attached hydrogen (secondary N) is 1. The highest BCUT2D eigenvalue weighted by atomic mass is 19.4. The summed E-state index contributed by atoms with van der Waals surface area (Å²) in [6, 6.07) is 4.89. The van der Waals surface area contributed by atoms with Crippen molar-refractivity contribution in [2.75, 3.05) is 37.7 Å². The molecule has 4 aliphatic rings. The predicted molar refractivity (Wildman–Crippen MR) is 166 cm³/mol. The van der Waals surface area contributed by atoms with Gasteiger partial charge in [-0.05, 0) is 55.8 Å². The lowest BCUT2D eigenvalue weighted by atomic mass is 9.93. The van der Waals surface area contributed by atoms with E-state index >= 15 is 13.2 Å². The summed E-state index contributed by atoms with van der Waals surface area (Å²) in [5.41, 5.74) is -3.21. The summed E-state index contributed by atoms with van der Waals surface area (Å²) in [7, 11) is 0. The number of hydrogen-bond donors (Lipinski definition) is 2. The van der Waals surface area contributed by atoms with Crippen molar-refractivity contribution in [3.8, 4) is 35.4 Å². The van der Waals surface area contributed by atoms with Crippen LogP contribution < -0.4 is 15.0 Å². The van der Waals surface area contributed by atoms with E-state index in [0.29, 0.717) is 26.1 Å². The van der Waals surface area contributed by atoms with E-state index in [4.69, 9.17) is 11.2 Å². The van der Waals surface area contributed by atoms with E-state index in [1.807, 2.05) is 9.80 Å². The number of anilines is 1. The zero-order chi connectivity index (χ0) is 32.7. The van der Waals surface area contributed by atoms with Gasteiger partial charge in [-0.15, -0.1) is 6.42 Å². The Kier molecular flexibility index (Phi) is 6.97. The van der Waals surface area contributed by atoms with Crippen LogP contribution in [-0.2, 0) is 6.18 Å². The molecule has 0 aliphatic carbocycles. The predicted octanol–water partition coefficient (Wildman–Crippen LogP) is 5.59. The number of alkyl halides is 4. The van der Waals surface area contributed by atoms with Crippen LogP contribution in [0.5, 0.6) is 11.8 Å². The Morgan fingerprint density at radius 3 is 2.66 bits per heavy atom. The van der Waals surface area contributed by atoms with Crippen molar-refractivity contribution in [1.82, 2.24) is 25.2 Å². The molecule has 2 N–H and O–H groups in total. The molecule has 0 saturated carbocycles. The Morgan fingerprint density at radius 1 is 1.13 bits per heavy atom. The standard InChI is InChI=1S/C34H31F5N6O2/c1-2-23-26(36)7-4-18-10-22(46)11-24(27(18)23)29-28(34(37,38)39)30-25(13-40-29)31(44-15-20-5-6-21(16-44)41-20)43-32(42-30)47-17-33-8-3-9-45(33)14-19(35)12-33/h1,4,7,10-11,13,19-21,41,46H,3,5-6,8-9,12,14-17H2/t19-,20?,21?,33+/m1/s1. The van der Waals surface area contributed by atoms with Crippen LogP contribution in [0.15, 0.2) is 30.5 Å². The molecule has 13 heteroatoms. The number of rotatable bonds is 5. The number of aromatic hydroxyl groups is 1. The maximum Gasteiger partial charge on any atom is 0.420 e. The summed E-state index contributed by atoms with van der Waals surface area (Å²) < 4.78 is 81.5. The molecule has 4 atom stereocenters. The summed E-state index contributed by atoms with van der Waals surface area (Å²) in [5.74, 6) is 1.37. The Balaban J connectivity index is 1.34. The number of pyridine rings is 1. The molecule has 2 bridgehead atoms. The molecule has 4 aromatic rings. The lowest BCUT2D eigenvalue weighted by Gasteiger charge is -2.35. The Morgan fingerprint density at radius 2 is 1.91 bits per heavy atom. The van der Waals surface area contributed by atoms with Crippen molar-refractivity contribution in [2.24, 2.45) is 0 Å². The molecule has 4 fully saturated rings. The number of phenols is 1. The van der Waals surface area contributed by atoms with E-state index in [2.05, 4.69) is 26.2 Å². The Labute approximate surface area is 266 Å². The van der Waals surface area contributed by atoms with Crippen LogP contribution in [0.2, 0.25) is 0 Å². The number of piperazine rings is 1. The van der Waals surface area contributed by atoms with Gasteiger partial charge >= 0.3 is 12.2 Å².